The first-order valence-electron chi connectivity index (χ1n) is 6.53. The Bertz CT molecular complexity index is 445. The molecule has 0 fully saturated rings. The molecule has 3 heteroatoms. The second kappa shape index (κ2) is 5.80. The largest absolute Gasteiger partial charge is 0.350 e. The number of allylic oxidation sites excluding steroid dienone is 1. The Morgan fingerprint density at radius 3 is 2.72 bits per heavy atom. The molecule has 1 aliphatic rings. The first-order valence-corrected chi connectivity index (χ1v) is 6.53. The van der Waals surface area contributed by atoms with Crippen molar-refractivity contribution in [2.24, 2.45) is 0 Å². The minimum Gasteiger partial charge on any atom is -0.350 e. The molecule has 0 radical (unpaired) electrons. The van der Waals surface area contributed by atoms with Crippen LogP contribution < -0.4 is 5.32 Å². The Morgan fingerprint density at radius 2 is 2.11 bits per heavy atom. The highest BCUT2D eigenvalue weighted by atomic mass is 16.1. The summed E-state index contributed by atoms with van der Waals surface area (Å²) in [5, 5.41) is 3.06. The molecule has 1 aromatic rings. The molecule has 2 rings (SSSR count). The van der Waals surface area contributed by atoms with Gasteiger partial charge in [0.1, 0.15) is 0 Å². The van der Waals surface area contributed by atoms with Gasteiger partial charge in [0.2, 0.25) is 5.91 Å². The van der Waals surface area contributed by atoms with Crippen molar-refractivity contribution in [2.75, 3.05) is 0 Å². The van der Waals surface area contributed by atoms with Crippen LogP contribution in [0.15, 0.2) is 24.3 Å². The molecule has 1 amide bonds. The lowest BCUT2D eigenvalue weighted by molar-refractivity contribution is -0.120. The van der Waals surface area contributed by atoms with Gasteiger partial charge in [0.25, 0.3) is 0 Å². The summed E-state index contributed by atoms with van der Waals surface area (Å²) in [7, 11) is 0. The average Bonchev–Trinajstić information content (AvgIpc) is 2.28. The Labute approximate surface area is 108 Å². The molecule has 0 spiro atoms. The van der Waals surface area contributed by atoms with Crippen molar-refractivity contribution in [1.29, 1.82) is 0 Å². The smallest absolute Gasteiger partial charge is 0.224 e. The van der Waals surface area contributed by atoms with Crippen molar-refractivity contribution >= 4 is 5.91 Å². The maximum atomic E-state index is 11.9. The monoisotopic (exact) mass is 244 g/mol. The fraction of sp³-hybridized carbons (Fsp3) is 0.467. The van der Waals surface area contributed by atoms with Crippen LogP contribution in [0.5, 0.6) is 0 Å². The van der Waals surface area contributed by atoms with Crippen molar-refractivity contribution in [2.45, 2.75) is 45.6 Å². The highest BCUT2D eigenvalue weighted by Gasteiger charge is 2.12. The van der Waals surface area contributed by atoms with E-state index in [9.17, 15) is 4.79 Å². The number of pyridine rings is 1. The topological polar surface area (TPSA) is 42.0 Å². The standard InChI is InChI=1S/C15H20N2O/c1-11-8-13(9-12(2)16-11)10-15(18)17-14-6-4-3-5-7-14/h4,6,8-9,14H,3,5,7,10H2,1-2H3,(H,17,18). The third-order valence-corrected chi connectivity index (χ3v) is 3.11. The summed E-state index contributed by atoms with van der Waals surface area (Å²) in [5.74, 6) is 0.0940. The molecule has 0 saturated heterocycles. The van der Waals surface area contributed by atoms with Crippen LogP contribution in [0.3, 0.4) is 0 Å². The van der Waals surface area contributed by atoms with Gasteiger partial charge in [0.05, 0.1) is 6.42 Å². The summed E-state index contributed by atoms with van der Waals surface area (Å²) in [6, 6.07) is 4.17. The van der Waals surface area contributed by atoms with Gasteiger partial charge in [-0.1, -0.05) is 12.2 Å². The zero-order valence-electron chi connectivity index (χ0n) is 11.1. The van der Waals surface area contributed by atoms with Crippen LogP contribution in [0.25, 0.3) is 0 Å². The van der Waals surface area contributed by atoms with E-state index in [4.69, 9.17) is 0 Å². The second-order valence-electron chi connectivity index (χ2n) is 4.97. The number of hydrogen-bond donors (Lipinski definition) is 1. The van der Waals surface area contributed by atoms with Crippen molar-refractivity contribution < 1.29 is 4.79 Å². The van der Waals surface area contributed by atoms with E-state index in [1.54, 1.807) is 0 Å². The van der Waals surface area contributed by atoms with E-state index in [1.807, 2.05) is 26.0 Å². The van der Waals surface area contributed by atoms with Gasteiger partial charge in [0.15, 0.2) is 0 Å². The van der Waals surface area contributed by atoms with Crippen LogP contribution in [-0.2, 0) is 11.2 Å². The molecular weight excluding hydrogens is 224 g/mol. The molecular formula is C15H20N2O. The van der Waals surface area contributed by atoms with E-state index >= 15 is 0 Å². The van der Waals surface area contributed by atoms with Gasteiger partial charge in [-0.15, -0.1) is 0 Å². The molecule has 96 valence electrons. The fourth-order valence-corrected chi connectivity index (χ4v) is 2.40. The predicted molar refractivity (Wildman–Crippen MR) is 72.3 cm³/mol. The maximum Gasteiger partial charge on any atom is 0.224 e. The zero-order chi connectivity index (χ0) is 13.0. The lowest BCUT2D eigenvalue weighted by Gasteiger charge is -2.18. The van der Waals surface area contributed by atoms with E-state index in [-0.39, 0.29) is 11.9 Å². The van der Waals surface area contributed by atoms with Gasteiger partial charge < -0.3 is 5.32 Å². The molecule has 1 aliphatic carbocycles. The molecule has 1 N–H and O–H groups in total. The maximum absolute atomic E-state index is 11.9. The van der Waals surface area contributed by atoms with Crippen molar-refractivity contribution in [3.05, 3.63) is 41.2 Å². The lowest BCUT2D eigenvalue weighted by Crippen LogP contribution is -2.35. The zero-order valence-corrected chi connectivity index (χ0v) is 11.1. The minimum absolute atomic E-state index is 0.0940. The second-order valence-corrected chi connectivity index (χ2v) is 4.97. The molecule has 3 nitrogen and oxygen atoms in total. The summed E-state index contributed by atoms with van der Waals surface area (Å²) in [6.07, 6.45) is 8.04. The van der Waals surface area contributed by atoms with E-state index in [1.165, 1.54) is 0 Å². The number of carbonyl (C=O) groups excluding carboxylic acids is 1. The normalized spacial score (nSPS) is 18.7. The number of nitrogens with one attached hydrogen (secondary N) is 1. The number of carbonyl (C=O) groups is 1. The molecule has 0 aliphatic heterocycles. The third-order valence-electron chi connectivity index (χ3n) is 3.11. The summed E-state index contributed by atoms with van der Waals surface area (Å²) in [5.41, 5.74) is 2.98. The van der Waals surface area contributed by atoms with Gasteiger partial charge in [-0.3, -0.25) is 9.78 Å². The molecule has 0 aromatic carbocycles. The van der Waals surface area contributed by atoms with Crippen LogP contribution in [0.1, 0.15) is 36.2 Å². The van der Waals surface area contributed by atoms with Crippen molar-refractivity contribution in [3.63, 3.8) is 0 Å². The summed E-state index contributed by atoms with van der Waals surface area (Å²) in [4.78, 5) is 16.3. The number of nitrogens with zero attached hydrogens (tertiary/aromatic N) is 1. The Hall–Kier alpha value is -1.64. The molecule has 1 unspecified atom stereocenters. The van der Waals surface area contributed by atoms with Crippen LogP contribution >= 0.6 is 0 Å². The van der Waals surface area contributed by atoms with Crippen molar-refractivity contribution in [1.82, 2.24) is 10.3 Å². The third kappa shape index (κ3) is 3.69. The number of aryl methyl sites for hydroxylation is 2. The molecule has 1 atom stereocenters. The molecule has 0 bridgehead atoms. The van der Waals surface area contributed by atoms with E-state index < -0.39 is 0 Å². The van der Waals surface area contributed by atoms with Crippen molar-refractivity contribution in [3.8, 4) is 0 Å². The molecule has 1 aromatic heterocycles. The van der Waals surface area contributed by atoms with Gasteiger partial charge in [-0.05, 0) is 50.8 Å². The van der Waals surface area contributed by atoms with E-state index in [0.29, 0.717) is 6.42 Å². The Morgan fingerprint density at radius 1 is 1.39 bits per heavy atom. The fourth-order valence-electron chi connectivity index (χ4n) is 2.40. The summed E-state index contributed by atoms with van der Waals surface area (Å²) in [6.45, 7) is 3.91. The number of rotatable bonds is 3. The minimum atomic E-state index is 0.0940. The first-order chi connectivity index (χ1) is 8.63. The summed E-state index contributed by atoms with van der Waals surface area (Å²) >= 11 is 0. The number of amides is 1. The van der Waals surface area contributed by atoms with Crippen LogP contribution in [-0.4, -0.2) is 16.9 Å². The number of hydrogen-bond acceptors (Lipinski definition) is 2. The molecule has 18 heavy (non-hydrogen) atoms. The SMILES string of the molecule is Cc1cc(CC(=O)NC2C=CCCC2)cc(C)n1. The van der Waals surface area contributed by atoms with Gasteiger partial charge in [-0.25, -0.2) is 0 Å². The van der Waals surface area contributed by atoms with Gasteiger partial charge in [0, 0.05) is 17.4 Å². The Kier molecular flexibility index (Phi) is 4.13. The van der Waals surface area contributed by atoms with Gasteiger partial charge in [-0.2, -0.15) is 0 Å². The highest BCUT2D eigenvalue weighted by molar-refractivity contribution is 5.79. The van der Waals surface area contributed by atoms with E-state index in [2.05, 4.69) is 22.5 Å². The van der Waals surface area contributed by atoms with Gasteiger partial charge >= 0.3 is 0 Å². The highest BCUT2D eigenvalue weighted by Crippen LogP contribution is 2.11. The predicted octanol–water partition coefficient (Wildman–Crippen LogP) is 2.47. The molecule has 0 saturated carbocycles. The first kappa shape index (κ1) is 12.8. The van der Waals surface area contributed by atoms with Crippen LogP contribution in [0.4, 0.5) is 0 Å². The average molecular weight is 244 g/mol. The van der Waals surface area contributed by atoms with Crippen LogP contribution in [0, 0.1) is 13.8 Å². The molecule has 1 heterocycles. The van der Waals surface area contributed by atoms with E-state index in [0.717, 1.165) is 36.2 Å². The number of aromatic nitrogens is 1. The van der Waals surface area contributed by atoms with Crippen LogP contribution in [0.2, 0.25) is 0 Å². The summed E-state index contributed by atoms with van der Waals surface area (Å²) < 4.78 is 0. The quantitative estimate of drug-likeness (QED) is 0.830. The lowest BCUT2D eigenvalue weighted by atomic mass is 10.0. The Balaban J connectivity index is 1.94.